The summed E-state index contributed by atoms with van der Waals surface area (Å²) in [6, 6.07) is 6.49. The molecule has 6 heteroatoms. The number of sulfone groups is 1. The number of carbonyl (C=O) groups is 1. The minimum Gasteiger partial charge on any atom is -0.300 e. The van der Waals surface area contributed by atoms with E-state index in [1.54, 1.807) is 0 Å². The molecule has 94 valence electrons. The maximum atomic E-state index is 13.5. The van der Waals surface area contributed by atoms with Gasteiger partial charge in [0.1, 0.15) is 5.78 Å². The zero-order valence-electron chi connectivity index (χ0n) is 9.19. The maximum Gasteiger partial charge on any atom is 0.350 e. The highest BCUT2D eigenvalue weighted by Gasteiger charge is 2.45. The third-order valence-corrected chi connectivity index (χ3v) is 4.10. The molecule has 0 aliphatic carbocycles. The molecule has 0 aromatic heterocycles. The van der Waals surface area contributed by atoms with E-state index in [-0.39, 0.29) is 0 Å². The van der Waals surface area contributed by atoms with Crippen LogP contribution in [0.15, 0.2) is 35.2 Å². The molecule has 0 radical (unpaired) electrons. The first kappa shape index (κ1) is 13.8. The summed E-state index contributed by atoms with van der Waals surface area (Å²) in [5, 5.41) is -3.92. The Kier molecular flexibility index (Phi) is 3.98. The molecule has 0 fully saturated rings. The zero-order valence-corrected chi connectivity index (χ0v) is 10.0. The lowest BCUT2D eigenvalue weighted by Gasteiger charge is -2.16. The van der Waals surface area contributed by atoms with Crippen LogP contribution in [-0.4, -0.2) is 19.5 Å². The number of hydrogen-bond acceptors (Lipinski definition) is 3. The first-order chi connectivity index (χ1) is 7.77. The van der Waals surface area contributed by atoms with Crippen LogP contribution >= 0.6 is 0 Å². The zero-order chi connectivity index (χ0) is 13.1. The van der Waals surface area contributed by atoms with Gasteiger partial charge in [-0.1, -0.05) is 18.2 Å². The van der Waals surface area contributed by atoms with Gasteiger partial charge in [-0.15, -0.1) is 0 Å². The quantitative estimate of drug-likeness (QED) is 0.818. The van der Waals surface area contributed by atoms with Gasteiger partial charge in [-0.2, -0.15) is 8.78 Å². The number of hydrogen-bond donors (Lipinski definition) is 0. The van der Waals surface area contributed by atoms with Gasteiger partial charge in [0, 0.05) is 12.8 Å². The molecule has 0 atom stereocenters. The summed E-state index contributed by atoms with van der Waals surface area (Å²) >= 11 is 0. The van der Waals surface area contributed by atoms with Crippen LogP contribution < -0.4 is 0 Å². The number of benzene rings is 1. The fourth-order valence-corrected chi connectivity index (χ4v) is 2.46. The predicted octanol–water partition coefficient (Wildman–Crippen LogP) is 2.42. The Hall–Kier alpha value is -1.30. The highest BCUT2D eigenvalue weighted by atomic mass is 32.2. The summed E-state index contributed by atoms with van der Waals surface area (Å²) in [4.78, 5) is 10.2. The van der Waals surface area contributed by atoms with E-state index in [0.717, 1.165) is 19.1 Å². The van der Waals surface area contributed by atoms with Crippen LogP contribution in [0.2, 0.25) is 0 Å². The SMILES string of the molecule is CC(=O)CCC(F)(F)S(=O)(=O)c1ccccc1. The van der Waals surface area contributed by atoms with E-state index in [4.69, 9.17) is 0 Å². The Morgan fingerprint density at radius 3 is 2.24 bits per heavy atom. The standard InChI is InChI=1S/C11H12F2O3S/c1-9(14)7-8-11(12,13)17(15,16)10-5-3-2-4-6-10/h2-6H,7-8H2,1H3. The van der Waals surface area contributed by atoms with E-state index in [9.17, 15) is 22.0 Å². The molecular weight excluding hydrogens is 250 g/mol. The second kappa shape index (κ2) is 4.91. The summed E-state index contributed by atoms with van der Waals surface area (Å²) < 4.78 is 50.2. The summed E-state index contributed by atoms with van der Waals surface area (Å²) in [6.45, 7) is 1.14. The van der Waals surface area contributed by atoms with Gasteiger partial charge >= 0.3 is 5.25 Å². The Labute approximate surface area is 98.4 Å². The van der Waals surface area contributed by atoms with Crippen LogP contribution in [-0.2, 0) is 14.6 Å². The minimum absolute atomic E-state index is 0.437. The van der Waals surface area contributed by atoms with Crippen molar-refractivity contribution in [2.75, 3.05) is 0 Å². The predicted molar refractivity (Wildman–Crippen MR) is 58.5 cm³/mol. The molecule has 0 heterocycles. The van der Waals surface area contributed by atoms with Gasteiger partial charge in [0.15, 0.2) is 0 Å². The molecule has 0 saturated carbocycles. The second-order valence-corrected chi connectivity index (χ2v) is 5.73. The summed E-state index contributed by atoms with van der Waals surface area (Å²) in [5.74, 6) is -0.465. The van der Waals surface area contributed by atoms with Gasteiger partial charge in [0.05, 0.1) is 4.90 Å². The van der Waals surface area contributed by atoms with E-state index >= 15 is 0 Å². The smallest absolute Gasteiger partial charge is 0.300 e. The fourth-order valence-electron chi connectivity index (χ4n) is 1.23. The van der Waals surface area contributed by atoms with Crippen LogP contribution in [0.5, 0.6) is 0 Å². The van der Waals surface area contributed by atoms with Gasteiger partial charge in [-0.05, 0) is 19.1 Å². The normalized spacial score (nSPS) is 12.4. The van der Waals surface area contributed by atoms with Gasteiger partial charge in [-0.25, -0.2) is 8.42 Å². The Morgan fingerprint density at radius 1 is 1.24 bits per heavy atom. The lowest BCUT2D eigenvalue weighted by Crippen LogP contribution is -2.29. The topological polar surface area (TPSA) is 51.2 Å². The molecule has 3 nitrogen and oxygen atoms in total. The molecule has 1 aromatic rings. The van der Waals surface area contributed by atoms with Crippen molar-refractivity contribution in [2.45, 2.75) is 29.9 Å². The number of carbonyl (C=O) groups excluding carboxylic acids is 1. The number of rotatable bonds is 5. The molecule has 17 heavy (non-hydrogen) atoms. The second-order valence-electron chi connectivity index (χ2n) is 3.66. The van der Waals surface area contributed by atoms with Crippen LogP contribution in [0.1, 0.15) is 19.8 Å². The third kappa shape index (κ3) is 3.09. The average Bonchev–Trinajstić information content (AvgIpc) is 2.27. The molecule has 0 unspecified atom stereocenters. The molecule has 0 spiro atoms. The largest absolute Gasteiger partial charge is 0.350 e. The van der Waals surface area contributed by atoms with Crippen LogP contribution in [0, 0.1) is 0 Å². The maximum absolute atomic E-state index is 13.5. The van der Waals surface area contributed by atoms with Crippen molar-refractivity contribution in [3.63, 3.8) is 0 Å². The van der Waals surface area contributed by atoms with E-state index in [1.807, 2.05) is 0 Å². The molecule has 0 aliphatic heterocycles. The number of halogens is 2. The van der Waals surface area contributed by atoms with E-state index in [1.165, 1.54) is 18.2 Å². The van der Waals surface area contributed by atoms with Gasteiger partial charge < -0.3 is 4.79 Å². The molecule has 0 bridgehead atoms. The molecule has 1 rings (SSSR count). The molecule has 1 aromatic carbocycles. The molecule has 0 N–H and O–H groups in total. The highest BCUT2D eigenvalue weighted by Crippen LogP contribution is 2.32. The molecule has 0 aliphatic rings. The highest BCUT2D eigenvalue weighted by molar-refractivity contribution is 7.92. The molecule has 0 saturated heterocycles. The lowest BCUT2D eigenvalue weighted by molar-refractivity contribution is -0.118. The van der Waals surface area contributed by atoms with E-state index < -0.39 is 38.6 Å². The van der Waals surface area contributed by atoms with E-state index in [0.29, 0.717) is 0 Å². The number of Topliss-reactive ketones (excluding diaryl/α,β-unsaturated/α-hetero) is 1. The van der Waals surface area contributed by atoms with Crippen molar-refractivity contribution in [1.82, 2.24) is 0 Å². The fraction of sp³-hybridized carbons (Fsp3) is 0.364. The Balaban J connectivity index is 3.01. The van der Waals surface area contributed by atoms with E-state index in [2.05, 4.69) is 0 Å². The van der Waals surface area contributed by atoms with Gasteiger partial charge in [0.2, 0.25) is 9.84 Å². The van der Waals surface area contributed by atoms with Crippen molar-refractivity contribution in [3.05, 3.63) is 30.3 Å². The molecule has 0 amide bonds. The monoisotopic (exact) mass is 262 g/mol. The Morgan fingerprint density at radius 2 is 1.76 bits per heavy atom. The average molecular weight is 262 g/mol. The van der Waals surface area contributed by atoms with Gasteiger partial charge in [0.25, 0.3) is 0 Å². The summed E-state index contributed by atoms with van der Waals surface area (Å²) in [7, 11) is -4.72. The molecular formula is C11H12F2O3S. The van der Waals surface area contributed by atoms with Crippen molar-refractivity contribution < 1.29 is 22.0 Å². The Bertz CT molecular complexity index is 495. The van der Waals surface area contributed by atoms with Crippen molar-refractivity contribution in [3.8, 4) is 0 Å². The van der Waals surface area contributed by atoms with Crippen molar-refractivity contribution >= 4 is 15.6 Å². The van der Waals surface area contributed by atoms with Crippen molar-refractivity contribution in [2.24, 2.45) is 0 Å². The van der Waals surface area contributed by atoms with Crippen LogP contribution in [0.3, 0.4) is 0 Å². The van der Waals surface area contributed by atoms with Gasteiger partial charge in [-0.3, -0.25) is 0 Å². The van der Waals surface area contributed by atoms with Crippen LogP contribution in [0.4, 0.5) is 8.78 Å². The summed E-state index contributed by atoms with van der Waals surface area (Å²) in [6.07, 6.45) is -1.45. The number of ketones is 1. The number of alkyl halides is 2. The van der Waals surface area contributed by atoms with Crippen molar-refractivity contribution in [1.29, 1.82) is 0 Å². The summed E-state index contributed by atoms with van der Waals surface area (Å²) in [5.41, 5.74) is 0. The first-order valence-electron chi connectivity index (χ1n) is 4.94. The van der Waals surface area contributed by atoms with Crippen LogP contribution in [0.25, 0.3) is 0 Å². The minimum atomic E-state index is -4.72. The first-order valence-corrected chi connectivity index (χ1v) is 6.42. The third-order valence-electron chi connectivity index (χ3n) is 2.21. The lowest BCUT2D eigenvalue weighted by atomic mass is 10.2.